The van der Waals surface area contributed by atoms with Gasteiger partial charge in [0.1, 0.15) is 5.69 Å². The molecule has 1 fully saturated rings. The van der Waals surface area contributed by atoms with Gasteiger partial charge in [0, 0.05) is 18.7 Å². The number of fused-ring (bicyclic) bond motifs is 1. The van der Waals surface area contributed by atoms with Crippen molar-refractivity contribution >= 4 is 16.9 Å². The largest absolute Gasteiger partial charge is 0.352 e. The quantitative estimate of drug-likeness (QED) is 0.815. The van der Waals surface area contributed by atoms with Crippen molar-refractivity contribution in [2.45, 2.75) is 39.7 Å². The number of aromatic nitrogens is 2. The lowest BCUT2D eigenvalue weighted by molar-refractivity contribution is 0.0952. The second-order valence-electron chi connectivity index (χ2n) is 6.61. The molecule has 1 aromatic carbocycles. The van der Waals surface area contributed by atoms with Gasteiger partial charge in [0.25, 0.3) is 11.5 Å². The molecular formula is C19H26N4O2. The summed E-state index contributed by atoms with van der Waals surface area (Å²) >= 11 is 0. The van der Waals surface area contributed by atoms with E-state index in [9.17, 15) is 9.59 Å². The summed E-state index contributed by atoms with van der Waals surface area (Å²) in [7, 11) is 0. The second-order valence-corrected chi connectivity index (χ2v) is 6.61. The first kappa shape index (κ1) is 17.6. The molecule has 0 radical (unpaired) electrons. The highest BCUT2D eigenvalue weighted by Gasteiger charge is 2.12. The van der Waals surface area contributed by atoms with Crippen LogP contribution < -0.4 is 10.9 Å². The van der Waals surface area contributed by atoms with Crippen molar-refractivity contribution < 1.29 is 4.79 Å². The molecule has 1 aliphatic heterocycles. The maximum Gasteiger partial charge on any atom is 0.272 e. The fourth-order valence-corrected chi connectivity index (χ4v) is 3.44. The summed E-state index contributed by atoms with van der Waals surface area (Å²) in [5.74, 6) is -0.0861. The smallest absolute Gasteiger partial charge is 0.272 e. The Kier molecular flexibility index (Phi) is 5.48. The zero-order valence-electron chi connectivity index (χ0n) is 15.0. The molecule has 0 spiro atoms. The minimum absolute atomic E-state index is 0.0749. The number of benzene rings is 1. The molecule has 0 unspecified atom stereocenters. The Labute approximate surface area is 147 Å². The average Bonchev–Trinajstić information content (AvgIpc) is 3.13. The van der Waals surface area contributed by atoms with Gasteiger partial charge in [0.2, 0.25) is 0 Å². The van der Waals surface area contributed by atoms with E-state index < -0.39 is 0 Å². The lowest BCUT2D eigenvalue weighted by Gasteiger charge is -2.14. The molecule has 6 nitrogen and oxygen atoms in total. The Balaban J connectivity index is 1.67. The third-order valence-corrected chi connectivity index (χ3v) is 4.82. The molecule has 1 saturated heterocycles. The Morgan fingerprint density at radius 1 is 1.28 bits per heavy atom. The Bertz CT molecular complexity index is 822. The Hall–Kier alpha value is -2.21. The van der Waals surface area contributed by atoms with Crippen LogP contribution in [-0.2, 0) is 6.54 Å². The zero-order chi connectivity index (χ0) is 17.8. The Morgan fingerprint density at radius 2 is 2.04 bits per heavy atom. The van der Waals surface area contributed by atoms with E-state index in [0.29, 0.717) is 29.9 Å². The van der Waals surface area contributed by atoms with E-state index in [1.54, 1.807) is 23.6 Å². The first-order valence-electron chi connectivity index (χ1n) is 9.12. The molecule has 3 rings (SSSR count). The van der Waals surface area contributed by atoms with E-state index in [-0.39, 0.29) is 11.5 Å². The highest BCUT2D eigenvalue weighted by atomic mass is 16.1. The summed E-state index contributed by atoms with van der Waals surface area (Å²) < 4.78 is 1.69. The number of nitrogens with one attached hydrogen (secondary N) is 1. The second kappa shape index (κ2) is 7.78. The maximum atomic E-state index is 12.4. The zero-order valence-corrected chi connectivity index (χ0v) is 15.0. The molecule has 2 aromatic rings. The van der Waals surface area contributed by atoms with Crippen LogP contribution in [0.1, 0.15) is 42.2 Å². The predicted octanol–water partition coefficient (Wildman–Crippen LogP) is 1.94. The highest BCUT2D eigenvalue weighted by Crippen LogP contribution is 2.13. The molecule has 1 aromatic heterocycles. The number of hydrogen-bond donors (Lipinski definition) is 1. The minimum Gasteiger partial charge on any atom is -0.352 e. The normalized spacial score (nSPS) is 15.0. The predicted molar refractivity (Wildman–Crippen MR) is 99.0 cm³/mol. The Morgan fingerprint density at radius 3 is 2.76 bits per heavy atom. The number of carbonyl (C=O) groups is 1. The van der Waals surface area contributed by atoms with Crippen molar-refractivity contribution in [3.05, 3.63) is 39.8 Å². The molecule has 0 aliphatic carbocycles. The van der Waals surface area contributed by atoms with Crippen LogP contribution in [0.5, 0.6) is 0 Å². The van der Waals surface area contributed by atoms with E-state index in [1.807, 2.05) is 13.0 Å². The van der Waals surface area contributed by atoms with Crippen LogP contribution >= 0.6 is 0 Å². The van der Waals surface area contributed by atoms with Crippen molar-refractivity contribution in [1.82, 2.24) is 19.8 Å². The van der Waals surface area contributed by atoms with E-state index in [4.69, 9.17) is 0 Å². The molecule has 1 amide bonds. The summed E-state index contributed by atoms with van der Waals surface area (Å²) in [4.78, 5) is 31.3. The summed E-state index contributed by atoms with van der Waals surface area (Å²) in [6.07, 6.45) is 3.55. The number of amides is 1. The van der Waals surface area contributed by atoms with Crippen molar-refractivity contribution in [3.63, 3.8) is 0 Å². The molecule has 0 saturated carbocycles. The fourth-order valence-electron chi connectivity index (χ4n) is 3.44. The molecule has 6 heteroatoms. The summed E-state index contributed by atoms with van der Waals surface area (Å²) in [6.45, 7) is 8.31. The lowest BCUT2D eigenvalue weighted by atomic mass is 10.1. The van der Waals surface area contributed by atoms with Gasteiger partial charge in [-0.3, -0.25) is 9.59 Å². The number of likely N-dealkylation sites (tertiary alicyclic amines) is 1. The minimum atomic E-state index is -0.0861. The van der Waals surface area contributed by atoms with Gasteiger partial charge in [0.05, 0.1) is 11.0 Å². The third kappa shape index (κ3) is 3.90. The highest BCUT2D eigenvalue weighted by molar-refractivity contribution is 5.97. The maximum absolute atomic E-state index is 12.4. The average molecular weight is 342 g/mol. The van der Waals surface area contributed by atoms with Gasteiger partial charge >= 0.3 is 0 Å². The molecule has 1 N–H and O–H groups in total. The third-order valence-electron chi connectivity index (χ3n) is 4.82. The topological polar surface area (TPSA) is 67.2 Å². The van der Waals surface area contributed by atoms with Crippen molar-refractivity contribution in [1.29, 1.82) is 0 Å². The molecule has 0 atom stereocenters. The van der Waals surface area contributed by atoms with Crippen LogP contribution in [0, 0.1) is 6.92 Å². The SMILES string of the molecule is CCn1c(=O)c(C)nc2cc(C(=O)NCCCN3CCCC3)ccc21. The van der Waals surface area contributed by atoms with Crippen molar-refractivity contribution in [2.24, 2.45) is 0 Å². The van der Waals surface area contributed by atoms with Gasteiger partial charge in [-0.15, -0.1) is 0 Å². The molecule has 25 heavy (non-hydrogen) atoms. The van der Waals surface area contributed by atoms with Crippen LogP contribution in [0.25, 0.3) is 11.0 Å². The molecule has 0 bridgehead atoms. The van der Waals surface area contributed by atoms with Gasteiger partial charge in [-0.1, -0.05) is 0 Å². The van der Waals surface area contributed by atoms with E-state index in [1.165, 1.54) is 25.9 Å². The number of rotatable bonds is 6. The first-order valence-corrected chi connectivity index (χ1v) is 9.12. The monoisotopic (exact) mass is 342 g/mol. The van der Waals surface area contributed by atoms with Crippen LogP contribution in [-0.4, -0.2) is 46.5 Å². The fraction of sp³-hybridized carbons (Fsp3) is 0.526. The summed E-state index contributed by atoms with van der Waals surface area (Å²) in [5.41, 5.74) is 2.42. The molecule has 134 valence electrons. The van der Waals surface area contributed by atoms with Crippen LogP contribution in [0.2, 0.25) is 0 Å². The molecular weight excluding hydrogens is 316 g/mol. The molecule has 2 heterocycles. The lowest BCUT2D eigenvalue weighted by Crippen LogP contribution is -2.29. The van der Waals surface area contributed by atoms with E-state index >= 15 is 0 Å². The number of aryl methyl sites for hydroxylation is 2. The van der Waals surface area contributed by atoms with Crippen molar-refractivity contribution in [3.8, 4) is 0 Å². The van der Waals surface area contributed by atoms with Crippen molar-refractivity contribution in [2.75, 3.05) is 26.2 Å². The number of carbonyl (C=O) groups excluding carboxylic acids is 1. The first-order chi connectivity index (χ1) is 12.1. The van der Waals surface area contributed by atoms with E-state index in [0.717, 1.165) is 18.5 Å². The van der Waals surface area contributed by atoms with Gasteiger partial charge in [-0.05, 0) is 70.9 Å². The van der Waals surface area contributed by atoms with Gasteiger partial charge in [0.15, 0.2) is 0 Å². The summed E-state index contributed by atoms with van der Waals surface area (Å²) in [5, 5.41) is 2.98. The van der Waals surface area contributed by atoms with Crippen LogP contribution in [0.15, 0.2) is 23.0 Å². The standard InChI is InChI=1S/C19H26N4O2/c1-3-23-17-8-7-15(13-16(17)21-14(2)19(23)25)18(24)20-9-6-12-22-10-4-5-11-22/h7-8,13H,3-6,9-12H2,1-2H3,(H,20,24). The number of hydrogen-bond acceptors (Lipinski definition) is 4. The molecule has 1 aliphatic rings. The van der Waals surface area contributed by atoms with E-state index in [2.05, 4.69) is 15.2 Å². The van der Waals surface area contributed by atoms with Crippen LogP contribution in [0.4, 0.5) is 0 Å². The van der Waals surface area contributed by atoms with Gasteiger partial charge < -0.3 is 14.8 Å². The summed E-state index contributed by atoms with van der Waals surface area (Å²) in [6, 6.07) is 5.34. The van der Waals surface area contributed by atoms with Crippen LogP contribution in [0.3, 0.4) is 0 Å². The van der Waals surface area contributed by atoms with Gasteiger partial charge in [-0.25, -0.2) is 4.98 Å². The van der Waals surface area contributed by atoms with Gasteiger partial charge in [-0.2, -0.15) is 0 Å². The number of nitrogens with zero attached hydrogens (tertiary/aromatic N) is 3.